The molecule has 0 spiro atoms. The van der Waals surface area contributed by atoms with Crippen molar-refractivity contribution in [1.82, 2.24) is 9.97 Å². The number of anilines is 2. The van der Waals surface area contributed by atoms with Crippen molar-refractivity contribution in [2.45, 2.75) is 19.3 Å². The van der Waals surface area contributed by atoms with Gasteiger partial charge in [-0.1, -0.05) is 30.3 Å². The van der Waals surface area contributed by atoms with Crippen molar-refractivity contribution >= 4 is 17.5 Å². The molecular formula is C23H23FN4O. The first-order chi connectivity index (χ1) is 14.2. The quantitative estimate of drug-likeness (QED) is 0.705. The molecule has 0 radical (unpaired) electrons. The van der Waals surface area contributed by atoms with E-state index >= 15 is 0 Å². The van der Waals surface area contributed by atoms with Crippen LogP contribution in [0.4, 0.5) is 16.0 Å². The normalized spacial score (nSPS) is 14.6. The zero-order valence-corrected chi connectivity index (χ0v) is 16.1. The van der Waals surface area contributed by atoms with Gasteiger partial charge in [-0.05, 0) is 55.0 Å². The smallest absolute Gasteiger partial charge is 0.258 e. The van der Waals surface area contributed by atoms with E-state index in [2.05, 4.69) is 44.5 Å². The van der Waals surface area contributed by atoms with Gasteiger partial charge in [0.2, 0.25) is 5.95 Å². The number of benzene rings is 2. The van der Waals surface area contributed by atoms with E-state index in [1.54, 1.807) is 0 Å². The highest BCUT2D eigenvalue weighted by Crippen LogP contribution is 2.24. The molecule has 0 bridgehead atoms. The Balaban J connectivity index is 1.31. The standard InChI is InChI=1S/C23H23FN4O/c24-20-6-8-21(9-7-20)27-22(29)19-15-25-23(26-16-19)28-12-10-18(11-13-28)14-17-4-2-1-3-5-17/h1-9,15-16,18H,10-14H2,(H,27,29). The van der Waals surface area contributed by atoms with E-state index in [4.69, 9.17) is 0 Å². The summed E-state index contributed by atoms with van der Waals surface area (Å²) in [6.07, 6.45) is 6.39. The molecule has 1 aromatic heterocycles. The lowest BCUT2D eigenvalue weighted by molar-refractivity contribution is 0.102. The summed E-state index contributed by atoms with van der Waals surface area (Å²) in [5.74, 6) is 0.670. The van der Waals surface area contributed by atoms with Gasteiger partial charge in [0.25, 0.3) is 5.91 Å². The van der Waals surface area contributed by atoms with Crippen molar-refractivity contribution in [3.05, 3.63) is 83.9 Å². The maximum Gasteiger partial charge on any atom is 0.258 e. The maximum absolute atomic E-state index is 13.0. The summed E-state index contributed by atoms with van der Waals surface area (Å²) >= 11 is 0. The molecular weight excluding hydrogens is 367 g/mol. The van der Waals surface area contributed by atoms with Gasteiger partial charge in [-0.25, -0.2) is 14.4 Å². The van der Waals surface area contributed by atoms with Crippen molar-refractivity contribution in [3.8, 4) is 0 Å². The summed E-state index contributed by atoms with van der Waals surface area (Å²) in [5, 5.41) is 2.71. The lowest BCUT2D eigenvalue weighted by atomic mass is 9.90. The van der Waals surface area contributed by atoms with Crippen molar-refractivity contribution in [1.29, 1.82) is 0 Å². The van der Waals surface area contributed by atoms with Crippen LogP contribution in [-0.4, -0.2) is 29.0 Å². The van der Waals surface area contributed by atoms with Crippen LogP contribution in [-0.2, 0) is 6.42 Å². The number of carbonyl (C=O) groups is 1. The fourth-order valence-electron chi connectivity index (χ4n) is 3.62. The van der Waals surface area contributed by atoms with E-state index in [1.807, 2.05) is 6.07 Å². The Bertz CT molecular complexity index is 937. The number of nitrogens with zero attached hydrogens (tertiary/aromatic N) is 3. The number of amides is 1. The van der Waals surface area contributed by atoms with E-state index in [9.17, 15) is 9.18 Å². The third-order valence-corrected chi connectivity index (χ3v) is 5.27. The molecule has 29 heavy (non-hydrogen) atoms. The highest BCUT2D eigenvalue weighted by atomic mass is 19.1. The first kappa shape index (κ1) is 19.1. The minimum Gasteiger partial charge on any atom is -0.341 e. The predicted molar refractivity (Wildman–Crippen MR) is 111 cm³/mol. The average Bonchev–Trinajstić information content (AvgIpc) is 2.77. The Morgan fingerprint density at radius 2 is 1.66 bits per heavy atom. The second-order valence-electron chi connectivity index (χ2n) is 7.35. The minimum absolute atomic E-state index is 0.315. The number of halogens is 1. The van der Waals surface area contributed by atoms with Crippen LogP contribution in [0.3, 0.4) is 0 Å². The molecule has 0 unspecified atom stereocenters. The van der Waals surface area contributed by atoms with Crippen LogP contribution in [0.15, 0.2) is 67.0 Å². The largest absolute Gasteiger partial charge is 0.341 e. The monoisotopic (exact) mass is 390 g/mol. The van der Waals surface area contributed by atoms with Gasteiger partial charge in [-0.2, -0.15) is 0 Å². The zero-order valence-electron chi connectivity index (χ0n) is 16.1. The van der Waals surface area contributed by atoms with E-state index < -0.39 is 0 Å². The molecule has 0 atom stereocenters. The van der Waals surface area contributed by atoms with Crippen LogP contribution in [0.25, 0.3) is 0 Å². The van der Waals surface area contributed by atoms with Gasteiger partial charge in [-0.3, -0.25) is 4.79 Å². The number of hydrogen-bond acceptors (Lipinski definition) is 4. The van der Waals surface area contributed by atoms with Crippen molar-refractivity contribution in [2.75, 3.05) is 23.3 Å². The number of hydrogen-bond donors (Lipinski definition) is 1. The molecule has 1 saturated heterocycles. The third-order valence-electron chi connectivity index (χ3n) is 5.27. The van der Waals surface area contributed by atoms with Crippen LogP contribution in [0.2, 0.25) is 0 Å². The van der Waals surface area contributed by atoms with Gasteiger partial charge in [-0.15, -0.1) is 0 Å². The third kappa shape index (κ3) is 4.96. The molecule has 148 valence electrons. The van der Waals surface area contributed by atoms with E-state index in [0.29, 0.717) is 23.1 Å². The van der Waals surface area contributed by atoms with Crippen LogP contribution in [0, 0.1) is 11.7 Å². The molecule has 0 aliphatic carbocycles. The maximum atomic E-state index is 13.0. The molecule has 0 saturated carbocycles. The number of rotatable bonds is 5. The van der Waals surface area contributed by atoms with E-state index in [-0.39, 0.29) is 11.7 Å². The molecule has 6 heteroatoms. The van der Waals surface area contributed by atoms with Crippen LogP contribution >= 0.6 is 0 Å². The fraction of sp³-hybridized carbons (Fsp3) is 0.261. The second kappa shape index (κ2) is 8.82. The van der Waals surface area contributed by atoms with Crippen LogP contribution < -0.4 is 10.2 Å². The number of aromatic nitrogens is 2. The fourth-order valence-corrected chi connectivity index (χ4v) is 3.62. The zero-order chi connectivity index (χ0) is 20.1. The first-order valence-corrected chi connectivity index (χ1v) is 9.85. The number of carbonyl (C=O) groups excluding carboxylic acids is 1. The average molecular weight is 390 g/mol. The highest BCUT2D eigenvalue weighted by Gasteiger charge is 2.21. The molecule has 3 aromatic rings. The number of piperidine rings is 1. The first-order valence-electron chi connectivity index (χ1n) is 9.85. The van der Waals surface area contributed by atoms with Gasteiger partial charge in [0, 0.05) is 31.2 Å². The van der Waals surface area contributed by atoms with Gasteiger partial charge >= 0.3 is 0 Å². The molecule has 1 N–H and O–H groups in total. The molecule has 2 aromatic carbocycles. The summed E-state index contributed by atoms with van der Waals surface area (Å²) in [6.45, 7) is 1.83. The molecule has 1 aliphatic rings. The summed E-state index contributed by atoms with van der Waals surface area (Å²) in [7, 11) is 0. The molecule has 2 heterocycles. The van der Waals surface area contributed by atoms with Crippen LogP contribution in [0.5, 0.6) is 0 Å². The summed E-state index contributed by atoms with van der Waals surface area (Å²) in [5.41, 5.74) is 2.29. The van der Waals surface area contributed by atoms with Gasteiger partial charge in [0.05, 0.1) is 5.56 Å². The SMILES string of the molecule is O=C(Nc1ccc(F)cc1)c1cnc(N2CCC(Cc3ccccc3)CC2)nc1. The molecule has 4 rings (SSSR count). The van der Waals surface area contributed by atoms with Crippen molar-refractivity contribution < 1.29 is 9.18 Å². The summed E-state index contributed by atoms with van der Waals surface area (Å²) < 4.78 is 13.0. The summed E-state index contributed by atoms with van der Waals surface area (Å²) in [4.78, 5) is 23.2. The number of nitrogens with one attached hydrogen (secondary N) is 1. The molecule has 1 fully saturated rings. The van der Waals surface area contributed by atoms with Crippen molar-refractivity contribution in [3.63, 3.8) is 0 Å². The lowest BCUT2D eigenvalue weighted by Crippen LogP contribution is -2.35. The van der Waals surface area contributed by atoms with Gasteiger partial charge in [0.15, 0.2) is 0 Å². The Labute approximate surface area is 169 Å². The summed E-state index contributed by atoms with van der Waals surface area (Å²) in [6, 6.07) is 16.2. The molecule has 5 nitrogen and oxygen atoms in total. The second-order valence-corrected chi connectivity index (χ2v) is 7.35. The Hall–Kier alpha value is -3.28. The topological polar surface area (TPSA) is 58.1 Å². The van der Waals surface area contributed by atoms with Gasteiger partial charge < -0.3 is 10.2 Å². The Morgan fingerprint density at radius 3 is 2.31 bits per heavy atom. The minimum atomic E-state index is -0.344. The van der Waals surface area contributed by atoms with Crippen molar-refractivity contribution in [2.24, 2.45) is 5.92 Å². The highest BCUT2D eigenvalue weighted by molar-refractivity contribution is 6.03. The Kier molecular flexibility index (Phi) is 5.79. The predicted octanol–water partition coefficient (Wildman–Crippen LogP) is 4.33. The van der Waals surface area contributed by atoms with E-state index in [0.717, 1.165) is 32.4 Å². The van der Waals surface area contributed by atoms with E-state index in [1.165, 1.54) is 42.2 Å². The van der Waals surface area contributed by atoms with Crippen LogP contribution in [0.1, 0.15) is 28.8 Å². The lowest BCUT2D eigenvalue weighted by Gasteiger charge is -2.32. The van der Waals surface area contributed by atoms with Gasteiger partial charge in [0.1, 0.15) is 5.82 Å². The molecule has 1 aliphatic heterocycles. The molecule has 1 amide bonds. The Morgan fingerprint density at radius 1 is 1.00 bits per heavy atom.